The molecule has 0 heterocycles. The van der Waals surface area contributed by atoms with Gasteiger partial charge >= 0.3 is 0 Å². The molecule has 0 fully saturated rings. The minimum absolute atomic E-state index is 0. The average Bonchev–Trinajstić information content (AvgIpc) is 2.67. The monoisotopic (exact) mass is 545 g/mol. The van der Waals surface area contributed by atoms with Crippen LogP contribution >= 0.6 is 24.0 Å². The molecule has 2 rings (SSSR count). The molecule has 0 radical (unpaired) electrons. The maximum atomic E-state index is 11.5. The number of guanidine groups is 1. The molecule has 1 atom stereocenters. The fourth-order valence-electron chi connectivity index (χ4n) is 2.68. The number of rotatable bonds is 9. The Morgan fingerprint density at radius 2 is 1.70 bits per heavy atom. The number of aryl methyl sites for hydroxylation is 1. The molecule has 0 aromatic heterocycles. The van der Waals surface area contributed by atoms with Crippen molar-refractivity contribution in [1.82, 2.24) is 10.6 Å². The molecule has 0 aliphatic carbocycles. The first kappa shape index (κ1) is 26.2. The molecule has 0 amide bonds. The van der Waals surface area contributed by atoms with Crippen LogP contribution in [0.5, 0.6) is 5.75 Å². The van der Waals surface area contributed by atoms with Crippen LogP contribution in [0, 0.1) is 6.92 Å². The zero-order valence-corrected chi connectivity index (χ0v) is 21.2. The number of nitrogens with one attached hydrogen (secondary N) is 2. The third-order valence-corrected chi connectivity index (χ3v) is 5.40. The standard InChI is InChI=1S/C22H31N3O3S.HI/c1-5-23-22(25-16-18(3)28-20-10-6-17(2)7-11-20)24-15-14-19-8-12-21(13-9-19)29(4,26)27;/h6-13,18H,5,14-16H2,1-4H3,(H2,23,24,25);1H. The molecule has 0 bridgehead atoms. The van der Waals surface area contributed by atoms with Gasteiger partial charge in [0, 0.05) is 19.3 Å². The lowest BCUT2D eigenvalue weighted by Crippen LogP contribution is -2.39. The molecule has 0 saturated carbocycles. The van der Waals surface area contributed by atoms with E-state index in [1.165, 1.54) is 11.8 Å². The molecule has 1 unspecified atom stereocenters. The van der Waals surface area contributed by atoms with Gasteiger partial charge in [0.1, 0.15) is 11.9 Å². The Hall–Kier alpha value is -1.81. The van der Waals surface area contributed by atoms with Gasteiger partial charge in [-0.15, -0.1) is 24.0 Å². The van der Waals surface area contributed by atoms with E-state index >= 15 is 0 Å². The predicted molar refractivity (Wildman–Crippen MR) is 134 cm³/mol. The third-order valence-electron chi connectivity index (χ3n) is 4.27. The second-order valence-electron chi connectivity index (χ2n) is 7.05. The number of aliphatic imine (C=N–C) groups is 1. The molecule has 8 heteroatoms. The molecule has 0 spiro atoms. The maximum absolute atomic E-state index is 11.5. The molecule has 0 aliphatic heterocycles. The van der Waals surface area contributed by atoms with E-state index in [9.17, 15) is 8.42 Å². The zero-order valence-electron chi connectivity index (χ0n) is 18.0. The Balaban J connectivity index is 0.00000450. The first-order valence-corrected chi connectivity index (χ1v) is 11.7. The molecule has 2 aromatic rings. The fraction of sp³-hybridized carbons (Fsp3) is 0.409. The summed E-state index contributed by atoms with van der Waals surface area (Å²) in [5.74, 6) is 1.58. The van der Waals surface area contributed by atoms with Gasteiger partial charge in [0.05, 0.1) is 11.4 Å². The first-order valence-electron chi connectivity index (χ1n) is 9.82. The lowest BCUT2D eigenvalue weighted by molar-refractivity contribution is 0.230. The summed E-state index contributed by atoms with van der Waals surface area (Å²) < 4.78 is 29.0. The number of hydrogen-bond donors (Lipinski definition) is 2. The van der Waals surface area contributed by atoms with Crippen molar-refractivity contribution in [3.05, 3.63) is 59.7 Å². The topological polar surface area (TPSA) is 79.8 Å². The average molecular weight is 545 g/mol. The van der Waals surface area contributed by atoms with Crippen LogP contribution in [0.2, 0.25) is 0 Å². The van der Waals surface area contributed by atoms with E-state index in [-0.39, 0.29) is 30.1 Å². The molecule has 30 heavy (non-hydrogen) atoms. The lowest BCUT2D eigenvalue weighted by Gasteiger charge is -2.15. The summed E-state index contributed by atoms with van der Waals surface area (Å²) in [6, 6.07) is 15.0. The van der Waals surface area contributed by atoms with Crippen LogP contribution in [0.1, 0.15) is 25.0 Å². The number of nitrogens with zero attached hydrogens (tertiary/aromatic N) is 1. The number of hydrogen-bond acceptors (Lipinski definition) is 4. The van der Waals surface area contributed by atoms with E-state index in [2.05, 4.69) is 15.6 Å². The van der Waals surface area contributed by atoms with E-state index in [1.807, 2.05) is 57.2 Å². The smallest absolute Gasteiger partial charge is 0.191 e. The van der Waals surface area contributed by atoms with Crippen molar-refractivity contribution in [2.24, 2.45) is 4.99 Å². The largest absolute Gasteiger partial charge is 0.489 e. The van der Waals surface area contributed by atoms with Crippen LogP contribution in [-0.4, -0.2) is 46.4 Å². The van der Waals surface area contributed by atoms with E-state index < -0.39 is 9.84 Å². The molecular formula is C22H32IN3O3S. The summed E-state index contributed by atoms with van der Waals surface area (Å²) in [5, 5.41) is 6.53. The van der Waals surface area contributed by atoms with E-state index in [0.29, 0.717) is 18.0 Å². The molecule has 0 aliphatic rings. The summed E-state index contributed by atoms with van der Waals surface area (Å²) in [6.07, 6.45) is 1.94. The second-order valence-corrected chi connectivity index (χ2v) is 9.07. The van der Waals surface area contributed by atoms with Crippen molar-refractivity contribution in [2.75, 3.05) is 25.9 Å². The Morgan fingerprint density at radius 1 is 1.07 bits per heavy atom. The predicted octanol–water partition coefficient (Wildman–Crippen LogP) is 3.58. The zero-order chi connectivity index (χ0) is 21.3. The Labute approximate surface area is 197 Å². The molecule has 0 saturated heterocycles. The van der Waals surface area contributed by atoms with Crippen LogP contribution in [-0.2, 0) is 16.3 Å². The van der Waals surface area contributed by atoms with E-state index in [1.54, 1.807) is 12.1 Å². The maximum Gasteiger partial charge on any atom is 0.191 e. The highest BCUT2D eigenvalue weighted by Crippen LogP contribution is 2.13. The van der Waals surface area contributed by atoms with E-state index in [4.69, 9.17) is 4.74 Å². The quantitative estimate of drug-likeness (QED) is 0.286. The Morgan fingerprint density at radius 3 is 2.27 bits per heavy atom. The highest BCUT2D eigenvalue weighted by Gasteiger charge is 2.07. The summed E-state index contributed by atoms with van der Waals surface area (Å²) >= 11 is 0. The fourth-order valence-corrected chi connectivity index (χ4v) is 3.31. The van der Waals surface area contributed by atoms with Crippen molar-refractivity contribution in [3.8, 4) is 5.75 Å². The summed E-state index contributed by atoms with van der Waals surface area (Å²) in [7, 11) is -3.16. The van der Waals surface area contributed by atoms with Gasteiger partial charge in [0.15, 0.2) is 15.8 Å². The lowest BCUT2D eigenvalue weighted by atomic mass is 10.1. The number of benzene rings is 2. The second kappa shape index (κ2) is 12.8. The van der Waals surface area contributed by atoms with Crippen molar-refractivity contribution < 1.29 is 13.2 Å². The van der Waals surface area contributed by atoms with Gasteiger partial charge in [-0.1, -0.05) is 29.8 Å². The molecule has 2 aromatic carbocycles. The van der Waals surface area contributed by atoms with Crippen molar-refractivity contribution >= 4 is 39.8 Å². The van der Waals surface area contributed by atoms with Crippen LogP contribution in [0.3, 0.4) is 0 Å². The van der Waals surface area contributed by atoms with Gasteiger partial charge in [-0.2, -0.15) is 0 Å². The van der Waals surface area contributed by atoms with Gasteiger partial charge in [0.2, 0.25) is 0 Å². The normalized spacial score (nSPS) is 12.6. The summed E-state index contributed by atoms with van der Waals surface area (Å²) in [6.45, 7) is 8.06. The van der Waals surface area contributed by atoms with Gasteiger partial charge < -0.3 is 15.4 Å². The molecule has 166 valence electrons. The van der Waals surface area contributed by atoms with E-state index in [0.717, 1.165) is 30.2 Å². The molecular weight excluding hydrogens is 513 g/mol. The minimum atomic E-state index is -3.16. The number of sulfone groups is 1. The highest BCUT2D eigenvalue weighted by atomic mass is 127. The van der Waals surface area contributed by atoms with Gasteiger partial charge in [-0.25, -0.2) is 13.4 Å². The van der Waals surface area contributed by atoms with Crippen molar-refractivity contribution in [1.29, 1.82) is 0 Å². The Kier molecular flexibility index (Phi) is 11.2. The third kappa shape index (κ3) is 9.34. The van der Waals surface area contributed by atoms with Crippen LogP contribution < -0.4 is 15.4 Å². The van der Waals surface area contributed by atoms with Crippen LogP contribution in [0.4, 0.5) is 0 Å². The summed E-state index contributed by atoms with van der Waals surface area (Å²) in [4.78, 5) is 4.93. The first-order chi connectivity index (χ1) is 13.8. The highest BCUT2D eigenvalue weighted by molar-refractivity contribution is 14.0. The van der Waals surface area contributed by atoms with Gasteiger partial charge in [0.25, 0.3) is 0 Å². The van der Waals surface area contributed by atoms with Crippen molar-refractivity contribution in [2.45, 2.75) is 38.2 Å². The van der Waals surface area contributed by atoms with Gasteiger partial charge in [-0.05, 0) is 57.0 Å². The number of ether oxygens (including phenoxy) is 1. The molecule has 2 N–H and O–H groups in total. The van der Waals surface area contributed by atoms with Gasteiger partial charge in [-0.3, -0.25) is 0 Å². The molecule has 6 nitrogen and oxygen atoms in total. The minimum Gasteiger partial charge on any atom is -0.489 e. The summed E-state index contributed by atoms with van der Waals surface area (Å²) in [5.41, 5.74) is 2.27. The van der Waals surface area contributed by atoms with Crippen LogP contribution in [0.15, 0.2) is 58.4 Å². The SMILES string of the molecule is CCNC(=NCC(C)Oc1ccc(C)cc1)NCCc1ccc(S(C)(=O)=O)cc1.I. The van der Waals surface area contributed by atoms with Crippen LogP contribution in [0.25, 0.3) is 0 Å². The number of halogens is 1. The van der Waals surface area contributed by atoms with Crippen molar-refractivity contribution in [3.63, 3.8) is 0 Å². The Bertz CT molecular complexity index is 898.